The zero-order valence-electron chi connectivity index (χ0n) is 25.8. The van der Waals surface area contributed by atoms with Crippen molar-refractivity contribution in [3.63, 3.8) is 0 Å². The van der Waals surface area contributed by atoms with Gasteiger partial charge in [0.1, 0.15) is 11.5 Å². The number of hydrogen-bond acceptors (Lipinski definition) is 8. The van der Waals surface area contributed by atoms with Crippen LogP contribution in [-0.4, -0.2) is 54.8 Å². The number of rotatable bonds is 8. The number of para-hydroxylation sites is 1. The highest BCUT2D eigenvalue weighted by molar-refractivity contribution is 6.32. The molecule has 48 heavy (non-hydrogen) atoms. The van der Waals surface area contributed by atoms with Crippen LogP contribution in [0.3, 0.4) is 0 Å². The number of carbonyl (C=O) groups excluding carboxylic acids is 1. The second-order valence-corrected chi connectivity index (χ2v) is 11.3. The van der Waals surface area contributed by atoms with Crippen molar-refractivity contribution < 1.29 is 32.4 Å². The van der Waals surface area contributed by atoms with E-state index < -0.39 is 28.4 Å². The second-order valence-electron chi connectivity index (χ2n) is 10.5. The monoisotopic (exact) mass is 710 g/mol. The van der Waals surface area contributed by atoms with Crippen molar-refractivity contribution in [3.8, 4) is 22.9 Å². The van der Waals surface area contributed by atoms with Crippen LogP contribution >= 0.6 is 23.2 Å². The average molecular weight is 712 g/mol. The van der Waals surface area contributed by atoms with E-state index >= 15 is 0 Å². The van der Waals surface area contributed by atoms with Gasteiger partial charge in [-0.05, 0) is 73.5 Å². The molecule has 3 aromatic carbocycles. The first-order valence-electron chi connectivity index (χ1n) is 14.9. The molecule has 1 amide bonds. The molecular weight excluding hydrogens is 680 g/mol. The Morgan fingerprint density at radius 2 is 1.71 bits per heavy atom. The van der Waals surface area contributed by atoms with Crippen molar-refractivity contribution in [1.82, 2.24) is 24.7 Å². The molecule has 5 rings (SSSR count). The van der Waals surface area contributed by atoms with Gasteiger partial charge in [0.15, 0.2) is 0 Å². The van der Waals surface area contributed by atoms with Gasteiger partial charge in [-0.25, -0.2) is 9.59 Å². The number of amides is 1. The Bertz CT molecular complexity index is 1810. The van der Waals surface area contributed by atoms with Crippen molar-refractivity contribution in [2.45, 2.75) is 58.2 Å². The zero-order valence-corrected chi connectivity index (χ0v) is 27.3. The molecule has 17 heteroatoms. The Balaban J connectivity index is 0.000000217. The van der Waals surface area contributed by atoms with Crippen LogP contribution in [0.2, 0.25) is 10.0 Å². The lowest BCUT2D eigenvalue weighted by Crippen LogP contribution is -2.46. The largest absolute Gasteiger partial charge is 0.487 e. The van der Waals surface area contributed by atoms with Gasteiger partial charge in [-0.2, -0.15) is 17.9 Å². The Morgan fingerprint density at radius 3 is 2.31 bits per heavy atom. The smallest absolute Gasteiger partial charge is 0.416 e. The summed E-state index contributed by atoms with van der Waals surface area (Å²) in [4.78, 5) is 37.3. The van der Waals surface area contributed by atoms with Gasteiger partial charge in [0.25, 0.3) is 0 Å². The lowest BCUT2D eigenvalue weighted by atomic mass is 9.94. The summed E-state index contributed by atoms with van der Waals surface area (Å²) >= 11 is 11.9. The van der Waals surface area contributed by atoms with E-state index in [9.17, 15) is 32.9 Å². The normalized spacial score (nSPS) is 13.3. The summed E-state index contributed by atoms with van der Waals surface area (Å²) in [6.07, 6.45) is 0.827. The highest BCUT2D eigenvalue weighted by Gasteiger charge is 2.31. The van der Waals surface area contributed by atoms with Crippen molar-refractivity contribution in [3.05, 3.63) is 96.9 Å². The number of hydrogen-bond donors (Lipinski definition) is 0. The molecule has 12 nitrogen and oxygen atoms in total. The number of alkyl halides is 3. The van der Waals surface area contributed by atoms with E-state index in [1.165, 1.54) is 24.6 Å². The number of ether oxygens (including phenoxy) is 2. The highest BCUT2D eigenvalue weighted by atomic mass is 35.5. The number of benzene rings is 3. The maximum Gasteiger partial charge on any atom is 0.416 e. The van der Waals surface area contributed by atoms with E-state index in [-0.39, 0.29) is 40.6 Å². The Kier molecular flexibility index (Phi) is 12.1. The lowest BCUT2D eigenvalue weighted by molar-refractivity contribution is -0.385. The third-order valence-electron chi connectivity index (χ3n) is 7.36. The quantitative estimate of drug-likeness (QED) is 0.102. The van der Waals surface area contributed by atoms with Gasteiger partial charge in [0, 0.05) is 24.7 Å². The minimum Gasteiger partial charge on any atom is -0.487 e. The first kappa shape index (κ1) is 36.2. The molecule has 0 spiro atoms. The molecular formula is C31H31Cl2F3N6O6. The van der Waals surface area contributed by atoms with Crippen molar-refractivity contribution in [2.24, 2.45) is 0 Å². The third-order valence-corrected chi connectivity index (χ3v) is 7.97. The molecule has 1 aliphatic rings. The molecule has 1 saturated carbocycles. The molecule has 0 aliphatic heterocycles. The summed E-state index contributed by atoms with van der Waals surface area (Å²) < 4.78 is 50.2. The highest BCUT2D eigenvalue weighted by Crippen LogP contribution is 2.38. The van der Waals surface area contributed by atoms with E-state index in [0.29, 0.717) is 17.3 Å². The maximum absolute atomic E-state index is 12.8. The number of tetrazole rings is 1. The van der Waals surface area contributed by atoms with Crippen molar-refractivity contribution in [2.75, 3.05) is 13.2 Å². The number of nitrogens with zero attached hydrogens (tertiary/aromatic N) is 6. The fourth-order valence-electron chi connectivity index (χ4n) is 5.07. The predicted octanol–water partition coefficient (Wildman–Crippen LogP) is 8.16. The average Bonchev–Trinajstić information content (AvgIpc) is 3.43. The van der Waals surface area contributed by atoms with Crippen molar-refractivity contribution >= 4 is 34.9 Å². The van der Waals surface area contributed by atoms with Crippen LogP contribution in [0.25, 0.3) is 5.69 Å². The van der Waals surface area contributed by atoms with Crippen LogP contribution in [0.5, 0.6) is 17.2 Å². The maximum atomic E-state index is 12.8. The zero-order chi connectivity index (χ0) is 35.0. The lowest BCUT2D eigenvalue weighted by Gasteiger charge is -2.32. The standard InChI is InChI=1S/C16H20ClN5O2.C15H11ClF3NO4/c1-2-20(12-8-4-3-5-9-12)15(23)22-16(24)21(18-19-22)14-11-7-6-10-13(14)17;1-2-23-14-8-10(4-5-12(14)20(21)22)24-13-6-3-9(7-11(13)16)15(17,18)19/h6-7,10-12H,2-5,8-9H2,1H3;3-8H,2H2,1H3. The molecule has 256 valence electrons. The molecule has 1 aliphatic carbocycles. The Hall–Kier alpha value is -4.63. The fourth-order valence-corrected chi connectivity index (χ4v) is 5.51. The third kappa shape index (κ3) is 8.63. The van der Waals surface area contributed by atoms with E-state index in [1.54, 1.807) is 36.1 Å². The van der Waals surface area contributed by atoms with Crippen LogP contribution in [0.4, 0.5) is 23.7 Å². The Labute approximate surface area is 282 Å². The van der Waals surface area contributed by atoms with Gasteiger partial charge in [0.2, 0.25) is 5.75 Å². The summed E-state index contributed by atoms with van der Waals surface area (Å²) in [6.45, 7) is 4.31. The summed E-state index contributed by atoms with van der Waals surface area (Å²) in [5.41, 5.74) is -1.35. The van der Waals surface area contributed by atoms with Crippen LogP contribution in [0, 0.1) is 10.1 Å². The first-order chi connectivity index (χ1) is 22.8. The van der Waals surface area contributed by atoms with Gasteiger partial charge in [-0.1, -0.05) is 54.6 Å². The van der Waals surface area contributed by atoms with Gasteiger partial charge >= 0.3 is 23.6 Å². The number of nitro groups is 1. The molecule has 0 saturated heterocycles. The number of nitro benzene ring substituents is 1. The first-order valence-corrected chi connectivity index (χ1v) is 15.7. The topological polar surface area (TPSA) is 135 Å². The second kappa shape index (κ2) is 16.0. The minimum atomic E-state index is -4.52. The molecule has 0 unspecified atom stereocenters. The molecule has 4 aromatic rings. The fraction of sp³-hybridized carbons (Fsp3) is 0.355. The molecule has 0 atom stereocenters. The van der Waals surface area contributed by atoms with E-state index in [1.807, 2.05) is 6.92 Å². The van der Waals surface area contributed by atoms with E-state index in [4.69, 9.17) is 32.7 Å². The summed E-state index contributed by atoms with van der Waals surface area (Å²) in [5, 5.41) is 18.6. The van der Waals surface area contributed by atoms with Gasteiger partial charge in [-0.15, -0.1) is 4.68 Å². The van der Waals surface area contributed by atoms with Crippen molar-refractivity contribution in [1.29, 1.82) is 0 Å². The summed E-state index contributed by atoms with van der Waals surface area (Å²) in [7, 11) is 0. The van der Waals surface area contributed by atoms with Gasteiger partial charge in [0.05, 0.1) is 32.8 Å². The number of aromatic nitrogens is 4. The number of halogens is 5. The number of carbonyl (C=O) groups is 1. The summed E-state index contributed by atoms with van der Waals surface area (Å²) in [5.74, 6) is 0.120. The Morgan fingerprint density at radius 1 is 1.00 bits per heavy atom. The SMILES string of the molecule is CCN(C(=O)n1nnn(-c2ccccc2Cl)c1=O)C1CCCCC1.CCOc1cc(Oc2ccc(C(F)(F)F)cc2Cl)ccc1[N+](=O)[O-]. The van der Waals surface area contributed by atoms with Crippen LogP contribution < -0.4 is 15.2 Å². The molecule has 1 heterocycles. The summed E-state index contributed by atoms with van der Waals surface area (Å²) in [6, 6.07) is 13.0. The predicted molar refractivity (Wildman–Crippen MR) is 171 cm³/mol. The van der Waals surface area contributed by atoms with Crippen LogP contribution in [0.15, 0.2) is 65.5 Å². The van der Waals surface area contributed by atoms with E-state index in [2.05, 4.69) is 10.4 Å². The van der Waals surface area contributed by atoms with E-state index in [0.717, 1.165) is 53.2 Å². The molecule has 1 fully saturated rings. The minimum absolute atomic E-state index is 0.0111. The van der Waals surface area contributed by atoms with Crippen LogP contribution in [-0.2, 0) is 6.18 Å². The molecule has 0 bridgehead atoms. The molecule has 1 aromatic heterocycles. The van der Waals surface area contributed by atoms with Gasteiger partial charge in [-0.3, -0.25) is 10.1 Å². The molecule has 0 N–H and O–H groups in total. The van der Waals surface area contributed by atoms with Gasteiger partial charge < -0.3 is 14.4 Å². The molecule has 0 radical (unpaired) electrons. The van der Waals surface area contributed by atoms with Crippen LogP contribution in [0.1, 0.15) is 51.5 Å².